The fourth-order valence-corrected chi connectivity index (χ4v) is 5.45. The molecule has 4 heteroatoms. The monoisotopic (exact) mass is 357 g/mol. The minimum atomic E-state index is 0.109. The van der Waals surface area contributed by atoms with E-state index in [9.17, 15) is 0 Å². The third kappa shape index (κ3) is 1.30. The van der Waals surface area contributed by atoms with Crippen LogP contribution in [0.15, 0.2) is 72.8 Å². The Morgan fingerprint density at radius 1 is 0.500 bits per heavy atom. The highest BCUT2D eigenvalue weighted by atomic mass is 16.5. The van der Waals surface area contributed by atoms with Crippen LogP contribution in [0.5, 0.6) is 23.0 Å². The third-order valence-electron chi connectivity index (χ3n) is 6.44. The number of nitrogens with zero attached hydrogens (tertiary/aromatic N) is 1. The van der Waals surface area contributed by atoms with Crippen molar-refractivity contribution >= 4 is 29.1 Å². The second-order valence-electron chi connectivity index (χ2n) is 7.72. The Hall–Kier alpha value is -3.66. The summed E-state index contributed by atoms with van der Waals surface area (Å²) in [7, 11) is 0. The smallest absolute Gasteiger partial charge is 0.337 e. The Kier molecular flexibility index (Phi) is 2.05. The van der Waals surface area contributed by atoms with Gasteiger partial charge in [0.2, 0.25) is 0 Å². The predicted octanol–water partition coefficient (Wildman–Crippen LogP) is 4.80. The van der Waals surface area contributed by atoms with E-state index in [0.717, 1.165) is 23.0 Å². The van der Waals surface area contributed by atoms with Crippen LogP contribution in [0.1, 0.15) is 0 Å². The summed E-state index contributed by atoms with van der Waals surface area (Å²) < 4.78 is 12.8. The zero-order valence-electron chi connectivity index (χ0n) is 14.8. The lowest BCUT2D eigenvalue weighted by Gasteiger charge is -2.48. The van der Waals surface area contributed by atoms with Gasteiger partial charge in [-0.15, -0.1) is 0 Å². The molecule has 128 valence electrons. The molecule has 0 aliphatic carbocycles. The zero-order chi connectivity index (χ0) is 18.0. The van der Waals surface area contributed by atoms with E-state index in [1.807, 2.05) is 0 Å². The van der Waals surface area contributed by atoms with E-state index in [-0.39, 0.29) is 6.85 Å². The van der Waals surface area contributed by atoms with E-state index in [4.69, 9.17) is 9.47 Å². The number of anilines is 2. The number of hydrogen-bond acceptors (Lipinski definition) is 3. The van der Waals surface area contributed by atoms with E-state index < -0.39 is 0 Å². The number of para-hydroxylation sites is 2. The SMILES string of the molecule is c1cc2c3c(c1)-c1cccc4c1N1B3c3c(cccc3-c3cccc(c31)O4)O2. The molecule has 0 unspecified atom stereocenters. The van der Waals surface area contributed by atoms with Crippen molar-refractivity contribution in [1.29, 1.82) is 0 Å². The van der Waals surface area contributed by atoms with Crippen LogP contribution in [-0.2, 0) is 0 Å². The lowest BCUT2D eigenvalue weighted by atomic mass is 9.42. The predicted molar refractivity (Wildman–Crippen MR) is 111 cm³/mol. The van der Waals surface area contributed by atoms with Crippen LogP contribution in [0.2, 0.25) is 0 Å². The van der Waals surface area contributed by atoms with Gasteiger partial charge < -0.3 is 14.3 Å². The minimum absolute atomic E-state index is 0.109. The number of benzene rings is 4. The van der Waals surface area contributed by atoms with Crippen molar-refractivity contribution in [1.82, 2.24) is 0 Å². The topological polar surface area (TPSA) is 21.7 Å². The molecule has 0 saturated heterocycles. The molecule has 0 N–H and O–H groups in total. The summed E-state index contributed by atoms with van der Waals surface area (Å²) in [6.45, 7) is 0.109. The van der Waals surface area contributed by atoms with Crippen LogP contribution in [0.4, 0.5) is 11.4 Å². The molecule has 0 atom stereocenters. The highest BCUT2D eigenvalue weighted by molar-refractivity contribution is 6.94. The van der Waals surface area contributed by atoms with E-state index >= 15 is 0 Å². The first-order valence-electron chi connectivity index (χ1n) is 9.58. The first-order valence-corrected chi connectivity index (χ1v) is 9.58. The maximum Gasteiger partial charge on any atom is 0.337 e. The Morgan fingerprint density at radius 2 is 0.929 bits per heavy atom. The highest BCUT2D eigenvalue weighted by Crippen LogP contribution is 2.58. The van der Waals surface area contributed by atoms with E-state index in [1.54, 1.807) is 0 Å². The number of fused-ring (bicyclic) bond motifs is 2. The van der Waals surface area contributed by atoms with E-state index in [0.29, 0.717) is 0 Å². The van der Waals surface area contributed by atoms with Crippen molar-refractivity contribution in [2.24, 2.45) is 0 Å². The van der Waals surface area contributed by atoms with Crippen molar-refractivity contribution in [2.75, 3.05) is 4.81 Å². The van der Waals surface area contributed by atoms with Gasteiger partial charge in [-0.1, -0.05) is 48.5 Å². The fourth-order valence-electron chi connectivity index (χ4n) is 5.45. The van der Waals surface area contributed by atoms with Gasteiger partial charge in [0.05, 0.1) is 11.4 Å². The molecule has 4 heterocycles. The lowest BCUT2D eigenvalue weighted by molar-refractivity contribution is 0.476. The molecule has 4 aliphatic heterocycles. The largest absolute Gasteiger partial charge is 0.458 e. The first-order chi connectivity index (χ1) is 13.9. The molecule has 0 spiro atoms. The number of rotatable bonds is 0. The highest BCUT2D eigenvalue weighted by Gasteiger charge is 2.50. The average Bonchev–Trinajstić information content (AvgIpc) is 2.74. The van der Waals surface area contributed by atoms with Gasteiger partial charge in [-0.05, 0) is 35.4 Å². The Labute approximate surface area is 161 Å². The number of hydrogen-bond donors (Lipinski definition) is 0. The molecule has 0 aromatic heterocycles. The summed E-state index contributed by atoms with van der Waals surface area (Å²) in [5.74, 6) is 3.75. The van der Waals surface area contributed by atoms with Crippen LogP contribution in [0.25, 0.3) is 22.3 Å². The summed E-state index contributed by atoms with van der Waals surface area (Å²) in [6.07, 6.45) is 0. The summed E-state index contributed by atoms with van der Waals surface area (Å²) in [6, 6.07) is 25.5. The van der Waals surface area contributed by atoms with Crippen LogP contribution in [0, 0.1) is 0 Å². The molecule has 0 bridgehead atoms. The number of ether oxygens (including phenoxy) is 2. The second kappa shape index (κ2) is 4.25. The third-order valence-corrected chi connectivity index (χ3v) is 6.44. The minimum Gasteiger partial charge on any atom is -0.458 e. The summed E-state index contributed by atoms with van der Waals surface area (Å²) in [5, 5.41) is 0. The zero-order valence-corrected chi connectivity index (χ0v) is 14.8. The van der Waals surface area contributed by atoms with Crippen molar-refractivity contribution in [2.45, 2.75) is 0 Å². The van der Waals surface area contributed by atoms with E-state index in [2.05, 4.69) is 77.6 Å². The maximum atomic E-state index is 6.40. The van der Waals surface area contributed by atoms with E-state index in [1.165, 1.54) is 44.6 Å². The van der Waals surface area contributed by atoms with Gasteiger partial charge in [0.1, 0.15) is 11.5 Å². The van der Waals surface area contributed by atoms with Gasteiger partial charge in [0, 0.05) is 22.1 Å². The van der Waals surface area contributed by atoms with Crippen molar-refractivity contribution in [3.63, 3.8) is 0 Å². The quantitative estimate of drug-likeness (QED) is 0.372. The van der Waals surface area contributed by atoms with Crippen LogP contribution in [0.3, 0.4) is 0 Å². The molecule has 28 heavy (non-hydrogen) atoms. The standard InChI is InChI=1S/C24H12BNO2/c1-5-13-15-7-3-11-19-23(15)26-24-16(8-4-12-20(24)28-19)14-6-2-10-18-22(14)25(26)21(13)17(9-1)27-18/h1-12H. The van der Waals surface area contributed by atoms with Gasteiger partial charge in [-0.25, -0.2) is 0 Å². The molecular formula is C24H12BNO2. The molecule has 0 radical (unpaired) electrons. The lowest BCUT2D eigenvalue weighted by Crippen LogP contribution is -2.62. The van der Waals surface area contributed by atoms with Crippen LogP contribution in [-0.4, -0.2) is 6.85 Å². The first kappa shape index (κ1) is 13.5. The van der Waals surface area contributed by atoms with Crippen molar-refractivity contribution in [3.05, 3.63) is 72.8 Å². The Morgan fingerprint density at radius 3 is 1.46 bits per heavy atom. The molecule has 0 fully saturated rings. The summed E-state index contributed by atoms with van der Waals surface area (Å²) in [5.41, 5.74) is 9.74. The van der Waals surface area contributed by atoms with Gasteiger partial charge in [0.25, 0.3) is 0 Å². The molecule has 4 aromatic carbocycles. The molecule has 4 aliphatic rings. The van der Waals surface area contributed by atoms with Gasteiger partial charge in [-0.3, -0.25) is 0 Å². The summed E-state index contributed by atoms with van der Waals surface area (Å²) >= 11 is 0. The van der Waals surface area contributed by atoms with Gasteiger partial charge in [-0.2, -0.15) is 0 Å². The molecule has 0 saturated carbocycles. The van der Waals surface area contributed by atoms with Crippen molar-refractivity contribution in [3.8, 4) is 45.3 Å². The van der Waals surface area contributed by atoms with Crippen molar-refractivity contribution < 1.29 is 9.47 Å². The van der Waals surface area contributed by atoms with Crippen LogP contribution >= 0.6 is 0 Å². The van der Waals surface area contributed by atoms with Crippen LogP contribution < -0.4 is 25.2 Å². The van der Waals surface area contributed by atoms with Gasteiger partial charge in [0.15, 0.2) is 11.5 Å². The summed E-state index contributed by atoms with van der Waals surface area (Å²) in [4.78, 5) is 2.49. The molecule has 8 rings (SSSR count). The Balaban J connectivity index is 1.65. The van der Waals surface area contributed by atoms with Gasteiger partial charge >= 0.3 is 6.85 Å². The maximum absolute atomic E-state index is 6.40. The normalized spacial score (nSPS) is 14.9. The molecule has 4 aromatic rings. The second-order valence-corrected chi connectivity index (χ2v) is 7.72. The Bertz CT molecular complexity index is 1180. The molecule has 0 amide bonds. The molecular weight excluding hydrogens is 345 g/mol. The fraction of sp³-hybridized carbons (Fsp3) is 0. The molecule has 3 nitrogen and oxygen atoms in total. The average molecular weight is 357 g/mol.